The van der Waals surface area contributed by atoms with Crippen molar-refractivity contribution in [1.82, 2.24) is 4.98 Å². The topological polar surface area (TPSA) is 60.2 Å². The quantitative estimate of drug-likeness (QED) is 0.858. The predicted molar refractivity (Wildman–Crippen MR) is 67.5 cm³/mol. The normalized spacial score (nSPS) is 10.1. The van der Waals surface area contributed by atoms with Crippen LogP contribution in [0.2, 0.25) is 0 Å². The van der Waals surface area contributed by atoms with Gasteiger partial charge in [-0.2, -0.15) is 0 Å². The molecule has 0 fully saturated rings. The zero-order chi connectivity index (χ0) is 11.5. The molecule has 0 aliphatic heterocycles. The van der Waals surface area contributed by atoms with Crippen LogP contribution in [-0.2, 0) is 0 Å². The average Bonchev–Trinajstić information content (AvgIpc) is 2.64. The lowest BCUT2D eigenvalue weighted by Gasteiger charge is -2.09. The fraction of sp³-hybridized carbons (Fsp3) is 0.182. The predicted octanol–water partition coefficient (Wildman–Crippen LogP) is 2.79. The number of methoxy groups -OCH3 is 1. The van der Waals surface area contributed by atoms with Crippen molar-refractivity contribution >= 4 is 27.2 Å². The molecule has 0 saturated heterocycles. The minimum Gasteiger partial charge on any atom is -0.495 e. The summed E-state index contributed by atoms with van der Waals surface area (Å²) in [6, 6.07) is 5.94. The Morgan fingerprint density at radius 1 is 1.44 bits per heavy atom. The number of nitrogens with one attached hydrogen (secondary N) is 1. The molecule has 2 rings (SSSR count). The van der Waals surface area contributed by atoms with Crippen LogP contribution in [0.4, 0.5) is 15.8 Å². The fourth-order valence-electron chi connectivity index (χ4n) is 1.38. The maximum absolute atomic E-state index is 5.62. The monoisotopic (exact) mass is 235 g/mol. The molecule has 0 atom stereocenters. The minimum absolute atomic E-state index is 0.689. The smallest absolute Gasteiger partial charge is 0.189 e. The number of hydrogen-bond acceptors (Lipinski definition) is 5. The van der Waals surface area contributed by atoms with Crippen molar-refractivity contribution in [2.75, 3.05) is 18.2 Å². The van der Waals surface area contributed by atoms with Crippen LogP contribution >= 0.6 is 11.3 Å². The molecule has 0 aliphatic carbocycles. The first-order valence-corrected chi connectivity index (χ1v) is 5.63. The Hall–Kier alpha value is -1.75. The van der Waals surface area contributed by atoms with E-state index in [9.17, 15) is 0 Å². The largest absolute Gasteiger partial charge is 0.495 e. The molecule has 0 bridgehead atoms. The third-order valence-electron chi connectivity index (χ3n) is 2.12. The number of nitrogens with two attached hydrogens (primary N) is 1. The van der Waals surface area contributed by atoms with Gasteiger partial charge in [-0.3, -0.25) is 0 Å². The van der Waals surface area contributed by atoms with Gasteiger partial charge in [0.2, 0.25) is 0 Å². The van der Waals surface area contributed by atoms with Crippen molar-refractivity contribution in [3.63, 3.8) is 0 Å². The molecule has 4 nitrogen and oxygen atoms in total. The zero-order valence-corrected chi connectivity index (χ0v) is 9.97. The van der Waals surface area contributed by atoms with Crippen LogP contribution in [0.1, 0.15) is 5.56 Å². The van der Waals surface area contributed by atoms with E-state index >= 15 is 0 Å². The number of aromatic nitrogens is 1. The molecule has 0 saturated carbocycles. The third-order valence-corrected chi connectivity index (χ3v) is 2.86. The summed E-state index contributed by atoms with van der Waals surface area (Å²) < 4.78 is 5.26. The number of rotatable bonds is 3. The van der Waals surface area contributed by atoms with Gasteiger partial charge in [0.1, 0.15) is 10.8 Å². The summed E-state index contributed by atoms with van der Waals surface area (Å²) in [7, 11) is 1.64. The first-order chi connectivity index (χ1) is 7.69. The van der Waals surface area contributed by atoms with E-state index in [4.69, 9.17) is 10.5 Å². The zero-order valence-electron chi connectivity index (χ0n) is 9.15. The van der Waals surface area contributed by atoms with Crippen molar-refractivity contribution < 1.29 is 4.74 Å². The molecule has 0 spiro atoms. The maximum Gasteiger partial charge on any atom is 0.189 e. The molecule has 1 aromatic heterocycles. The second-order valence-corrected chi connectivity index (χ2v) is 4.46. The van der Waals surface area contributed by atoms with E-state index in [-0.39, 0.29) is 0 Å². The van der Waals surface area contributed by atoms with Crippen LogP contribution in [0, 0.1) is 6.92 Å². The lowest BCUT2D eigenvalue weighted by Crippen LogP contribution is -1.94. The van der Waals surface area contributed by atoms with Gasteiger partial charge in [0.25, 0.3) is 0 Å². The summed E-state index contributed by atoms with van der Waals surface area (Å²) in [6.07, 6.45) is 1.63. The van der Waals surface area contributed by atoms with Crippen molar-refractivity contribution in [3.05, 3.63) is 30.0 Å². The SMILES string of the molecule is COc1ccc(C)cc1Nc1ncc(N)s1. The number of aryl methyl sites for hydroxylation is 1. The Balaban J connectivity index is 2.29. The summed E-state index contributed by atoms with van der Waals surface area (Å²) in [5.41, 5.74) is 7.68. The summed E-state index contributed by atoms with van der Waals surface area (Å²) in [6.45, 7) is 2.03. The lowest BCUT2D eigenvalue weighted by atomic mass is 10.2. The number of thiazole rings is 1. The van der Waals surface area contributed by atoms with E-state index in [0.717, 1.165) is 22.1 Å². The van der Waals surface area contributed by atoms with Gasteiger partial charge in [0.05, 0.1) is 19.0 Å². The highest BCUT2D eigenvalue weighted by Gasteiger charge is 2.05. The van der Waals surface area contributed by atoms with Gasteiger partial charge in [0, 0.05) is 0 Å². The third kappa shape index (κ3) is 2.25. The molecule has 0 radical (unpaired) electrons. The molecule has 0 amide bonds. The van der Waals surface area contributed by atoms with Gasteiger partial charge in [0.15, 0.2) is 5.13 Å². The maximum atomic E-state index is 5.62. The number of ether oxygens (including phenoxy) is 1. The highest BCUT2D eigenvalue weighted by molar-refractivity contribution is 7.19. The summed E-state index contributed by atoms with van der Waals surface area (Å²) in [5, 5.41) is 4.64. The Morgan fingerprint density at radius 3 is 2.88 bits per heavy atom. The number of anilines is 3. The van der Waals surface area contributed by atoms with Crippen LogP contribution in [0.3, 0.4) is 0 Å². The Morgan fingerprint density at radius 2 is 2.25 bits per heavy atom. The van der Waals surface area contributed by atoms with Crippen molar-refractivity contribution in [2.24, 2.45) is 0 Å². The lowest BCUT2D eigenvalue weighted by molar-refractivity contribution is 0.416. The first-order valence-electron chi connectivity index (χ1n) is 4.82. The molecular weight excluding hydrogens is 222 g/mol. The van der Waals surface area contributed by atoms with Crippen molar-refractivity contribution in [1.29, 1.82) is 0 Å². The van der Waals surface area contributed by atoms with Crippen LogP contribution in [0.15, 0.2) is 24.4 Å². The van der Waals surface area contributed by atoms with Gasteiger partial charge in [-0.15, -0.1) is 0 Å². The molecule has 3 N–H and O–H groups in total. The van der Waals surface area contributed by atoms with Gasteiger partial charge in [-0.05, 0) is 24.6 Å². The Labute approximate surface area is 98.1 Å². The average molecular weight is 235 g/mol. The molecular formula is C11H13N3OS. The van der Waals surface area contributed by atoms with E-state index < -0.39 is 0 Å². The van der Waals surface area contributed by atoms with Crippen LogP contribution in [-0.4, -0.2) is 12.1 Å². The van der Waals surface area contributed by atoms with Gasteiger partial charge < -0.3 is 15.8 Å². The molecule has 2 aromatic rings. The van der Waals surface area contributed by atoms with Gasteiger partial charge >= 0.3 is 0 Å². The minimum atomic E-state index is 0.689. The summed E-state index contributed by atoms with van der Waals surface area (Å²) >= 11 is 1.41. The summed E-state index contributed by atoms with van der Waals surface area (Å²) in [5.74, 6) is 0.791. The molecule has 16 heavy (non-hydrogen) atoms. The first kappa shape index (κ1) is 10.8. The summed E-state index contributed by atoms with van der Waals surface area (Å²) in [4.78, 5) is 4.14. The standard InChI is InChI=1S/C11H13N3OS/c1-7-3-4-9(15-2)8(5-7)14-11-13-6-10(12)16-11/h3-6H,12H2,1-2H3,(H,13,14). The molecule has 0 unspecified atom stereocenters. The highest BCUT2D eigenvalue weighted by Crippen LogP contribution is 2.30. The molecule has 1 heterocycles. The van der Waals surface area contributed by atoms with Crippen LogP contribution in [0.25, 0.3) is 0 Å². The van der Waals surface area contributed by atoms with E-state index in [2.05, 4.69) is 10.3 Å². The Bertz CT molecular complexity index is 496. The van der Waals surface area contributed by atoms with E-state index in [0.29, 0.717) is 5.00 Å². The highest BCUT2D eigenvalue weighted by atomic mass is 32.1. The van der Waals surface area contributed by atoms with Crippen LogP contribution < -0.4 is 15.8 Å². The van der Waals surface area contributed by atoms with E-state index in [1.54, 1.807) is 13.3 Å². The fourth-order valence-corrected chi connectivity index (χ4v) is 1.97. The van der Waals surface area contributed by atoms with Crippen molar-refractivity contribution in [3.8, 4) is 5.75 Å². The van der Waals surface area contributed by atoms with E-state index in [1.165, 1.54) is 11.3 Å². The number of nitrogen functional groups attached to an aromatic ring is 1. The number of benzene rings is 1. The number of hydrogen-bond donors (Lipinski definition) is 2. The Kier molecular flexibility index (Phi) is 2.96. The second kappa shape index (κ2) is 4.40. The second-order valence-electron chi connectivity index (χ2n) is 3.40. The van der Waals surface area contributed by atoms with Crippen molar-refractivity contribution in [2.45, 2.75) is 6.92 Å². The molecule has 84 valence electrons. The molecule has 1 aromatic carbocycles. The van der Waals surface area contributed by atoms with Gasteiger partial charge in [-0.1, -0.05) is 17.4 Å². The van der Waals surface area contributed by atoms with Gasteiger partial charge in [-0.25, -0.2) is 4.98 Å². The van der Waals surface area contributed by atoms with Crippen LogP contribution in [0.5, 0.6) is 5.75 Å². The molecule has 5 heteroatoms. The van der Waals surface area contributed by atoms with E-state index in [1.807, 2.05) is 25.1 Å². The number of nitrogens with zero attached hydrogens (tertiary/aromatic N) is 1. The molecule has 0 aliphatic rings.